The number of unbranched alkanes of at least 4 members (excludes halogenated alkanes) is 3. The van der Waals surface area contributed by atoms with Crippen molar-refractivity contribution in [3.63, 3.8) is 0 Å². The number of hydrogen-bond donors (Lipinski definition) is 5. The highest BCUT2D eigenvalue weighted by atomic mass is 32.2. The van der Waals surface area contributed by atoms with Gasteiger partial charge in [0.2, 0.25) is 11.8 Å². The van der Waals surface area contributed by atoms with Crippen LogP contribution in [0.4, 0.5) is 0 Å². The number of thioether (sulfide) groups is 1. The first-order chi connectivity index (χ1) is 16.7. The monoisotopic (exact) mass is 524 g/mol. The number of carboxylic acid groups (broad SMARTS) is 2. The van der Waals surface area contributed by atoms with Crippen LogP contribution in [0.5, 0.6) is 0 Å². The average molecular weight is 525 g/mol. The minimum absolute atomic E-state index is 0.0839. The van der Waals surface area contributed by atoms with Crippen LogP contribution in [0.3, 0.4) is 0 Å². The van der Waals surface area contributed by atoms with Gasteiger partial charge < -0.3 is 26.6 Å². The minimum atomic E-state index is -1.22. The van der Waals surface area contributed by atoms with E-state index in [0.717, 1.165) is 42.6 Å². The largest absolute Gasteiger partial charge is 0.480 e. The molecule has 0 bridgehead atoms. The number of carbonyl (C=O) groups is 4. The lowest BCUT2D eigenvalue weighted by atomic mass is 10.1. The van der Waals surface area contributed by atoms with E-state index < -0.39 is 42.4 Å². The molecule has 0 spiro atoms. The molecule has 0 fully saturated rings. The van der Waals surface area contributed by atoms with Gasteiger partial charge >= 0.3 is 11.9 Å². The fourth-order valence-corrected chi connectivity index (χ4v) is 4.13. The summed E-state index contributed by atoms with van der Waals surface area (Å²) in [6, 6.07) is 5.71. The van der Waals surface area contributed by atoms with Crippen LogP contribution in [0.25, 0.3) is 0 Å². The Morgan fingerprint density at radius 3 is 2.57 bits per heavy atom. The molecule has 0 heterocycles. The number of amides is 2. The van der Waals surface area contributed by atoms with Crippen LogP contribution in [-0.2, 0) is 25.6 Å². The highest BCUT2D eigenvalue weighted by Crippen LogP contribution is 2.21. The summed E-state index contributed by atoms with van der Waals surface area (Å²) in [7, 11) is 0. The first-order valence-corrected chi connectivity index (χ1v) is 12.6. The normalized spacial score (nSPS) is 12.1. The molecule has 0 saturated carbocycles. The predicted octanol–water partition coefficient (Wildman–Crippen LogP) is 1.86. The number of aryl methyl sites for hydroxylation is 1. The van der Waals surface area contributed by atoms with Crippen molar-refractivity contribution >= 4 is 52.9 Å². The number of nitrogens with one attached hydrogen (secondary N) is 2. The molecule has 1 aromatic carbocycles. The number of nitrogens with zero attached hydrogens (tertiary/aromatic N) is 1. The average Bonchev–Trinajstić information content (AvgIpc) is 2.83. The molecule has 6 N–H and O–H groups in total. The zero-order valence-corrected chi connectivity index (χ0v) is 21.0. The van der Waals surface area contributed by atoms with Crippen molar-refractivity contribution in [3.8, 4) is 0 Å². The number of benzene rings is 1. The quantitative estimate of drug-likeness (QED) is 0.0832. The molecule has 10 nitrogen and oxygen atoms in total. The van der Waals surface area contributed by atoms with Crippen molar-refractivity contribution in [2.45, 2.75) is 61.9 Å². The van der Waals surface area contributed by atoms with E-state index in [1.165, 1.54) is 11.8 Å². The Morgan fingerprint density at radius 2 is 1.89 bits per heavy atom. The Kier molecular flexibility index (Phi) is 15.2. The van der Waals surface area contributed by atoms with Crippen molar-refractivity contribution in [1.82, 2.24) is 10.6 Å². The Morgan fingerprint density at radius 1 is 1.14 bits per heavy atom. The van der Waals surface area contributed by atoms with E-state index in [2.05, 4.69) is 33.0 Å². The molecule has 35 heavy (non-hydrogen) atoms. The van der Waals surface area contributed by atoms with Gasteiger partial charge in [0, 0.05) is 23.6 Å². The maximum absolute atomic E-state index is 12.4. The lowest BCUT2D eigenvalue weighted by Gasteiger charge is -2.18. The van der Waals surface area contributed by atoms with E-state index in [1.54, 1.807) is 0 Å². The topological polar surface area (TPSA) is 171 Å². The summed E-state index contributed by atoms with van der Waals surface area (Å²) in [5.41, 5.74) is 6.58. The van der Waals surface area contributed by atoms with Crippen LogP contribution in [0.2, 0.25) is 0 Å². The fourth-order valence-electron chi connectivity index (χ4n) is 3.03. The molecular weight excluding hydrogens is 492 g/mol. The van der Waals surface area contributed by atoms with E-state index in [4.69, 9.17) is 15.9 Å². The first kappa shape index (κ1) is 30.2. The summed E-state index contributed by atoms with van der Waals surface area (Å²) >= 11 is 5.90. The van der Waals surface area contributed by atoms with Crippen LogP contribution in [0.15, 0.2) is 34.2 Å². The molecule has 1 rings (SSSR count). The molecule has 2 atom stereocenters. The predicted molar refractivity (Wildman–Crippen MR) is 137 cm³/mol. The van der Waals surface area contributed by atoms with E-state index in [0.29, 0.717) is 6.54 Å². The standard InChI is InChI=1S/C23H32N4O6S2/c24-18(23(32)33)9-10-20(28)27-19(22(31)26-13-21(29)30)14-35-17-8-5-7-16(12-17)6-3-1-2-4-11-25-15-34/h5,7-8,12,18-19H,1-4,6,9-11,13-14,24H2,(H,26,31)(H,27,28)(H,29,30)(H,32,33)/t18-,19-/m0/s1. The number of isothiocyanates is 1. The summed E-state index contributed by atoms with van der Waals surface area (Å²) in [5.74, 6) is -3.42. The van der Waals surface area contributed by atoms with Crippen molar-refractivity contribution in [2.75, 3.05) is 18.8 Å². The fraction of sp³-hybridized carbons (Fsp3) is 0.522. The zero-order valence-electron chi connectivity index (χ0n) is 19.4. The van der Waals surface area contributed by atoms with Crippen LogP contribution in [0.1, 0.15) is 44.1 Å². The van der Waals surface area contributed by atoms with Crippen LogP contribution in [0, 0.1) is 0 Å². The van der Waals surface area contributed by atoms with Crippen LogP contribution in [-0.4, -0.2) is 70.1 Å². The molecule has 12 heteroatoms. The summed E-state index contributed by atoms with van der Waals surface area (Å²) in [6.45, 7) is 0.132. The van der Waals surface area contributed by atoms with Crippen molar-refractivity contribution in [1.29, 1.82) is 0 Å². The third-order valence-corrected chi connectivity index (χ3v) is 6.15. The molecular formula is C23H32N4O6S2. The van der Waals surface area contributed by atoms with Gasteiger partial charge in [0.05, 0.1) is 5.16 Å². The van der Waals surface area contributed by atoms with Crippen molar-refractivity contribution in [3.05, 3.63) is 29.8 Å². The molecule has 0 aliphatic heterocycles. The SMILES string of the molecule is N[C@@H](CCC(=O)N[C@@H](CSc1cccc(CCCCCCN=C=S)c1)C(=O)NCC(=O)O)C(=O)O. The van der Waals surface area contributed by atoms with Gasteiger partial charge in [0.25, 0.3) is 0 Å². The van der Waals surface area contributed by atoms with Gasteiger partial charge in [-0.2, -0.15) is 0 Å². The zero-order chi connectivity index (χ0) is 26.1. The maximum Gasteiger partial charge on any atom is 0.322 e. The van der Waals surface area contributed by atoms with Gasteiger partial charge in [0.1, 0.15) is 18.6 Å². The molecule has 0 saturated heterocycles. The second-order valence-electron chi connectivity index (χ2n) is 7.81. The van der Waals surface area contributed by atoms with Gasteiger partial charge in [-0.05, 0) is 55.6 Å². The molecule has 0 unspecified atom stereocenters. The summed E-state index contributed by atoms with van der Waals surface area (Å²) in [6.07, 6.45) is 4.82. The number of rotatable bonds is 18. The number of aliphatic carboxylic acids is 2. The number of hydrogen-bond acceptors (Lipinski definition) is 8. The number of aliphatic imine (C=N–C) groups is 1. The Labute approximate surface area is 214 Å². The van der Waals surface area contributed by atoms with Crippen LogP contribution >= 0.6 is 24.0 Å². The molecule has 1 aromatic rings. The first-order valence-electron chi connectivity index (χ1n) is 11.3. The van der Waals surface area contributed by atoms with E-state index in [-0.39, 0.29) is 18.6 Å². The Bertz CT molecular complexity index is 908. The molecule has 0 aromatic heterocycles. The van der Waals surface area contributed by atoms with Gasteiger partial charge in [-0.3, -0.25) is 19.2 Å². The van der Waals surface area contributed by atoms with Crippen molar-refractivity contribution in [2.24, 2.45) is 10.7 Å². The van der Waals surface area contributed by atoms with Crippen molar-refractivity contribution < 1.29 is 29.4 Å². The minimum Gasteiger partial charge on any atom is -0.480 e. The van der Waals surface area contributed by atoms with E-state index in [9.17, 15) is 19.2 Å². The smallest absolute Gasteiger partial charge is 0.322 e. The Hall–Kier alpha value is -2.79. The molecule has 0 radical (unpaired) electrons. The van der Waals surface area contributed by atoms with Crippen LogP contribution < -0.4 is 16.4 Å². The second kappa shape index (κ2) is 17.6. The number of carboxylic acids is 2. The van der Waals surface area contributed by atoms with Gasteiger partial charge in [-0.25, -0.2) is 4.99 Å². The molecule has 0 aliphatic carbocycles. The lowest BCUT2D eigenvalue weighted by molar-refractivity contribution is -0.139. The van der Waals surface area contributed by atoms with E-state index in [1.807, 2.05) is 24.3 Å². The van der Waals surface area contributed by atoms with Gasteiger partial charge in [-0.1, -0.05) is 25.0 Å². The number of carbonyl (C=O) groups excluding carboxylic acids is 2. The molecule has 192 valence electrons. The molecule has 0 aliphatic rings. The summed E-state index contributed by atoms with van der Waals surface area (Å²) < 4.78 is 0. The highest BCUT2D eigenvalue weighted by molar-refractivity contribution is 7.99. The number of thiocarbonyl (C=S) groups is 1. The summed E-state index contributed by atoms with van der Waals surface area (Å²) in [5, 5.41) is 24.8. The second-order valence-corrected chi connectivity index (χ2v) is 9.09. The van der Waals surface area contributed by atoms with Gasteiger partial charge in [0.15, 0.2) is 0 Å². The Balaban J connectivity index is 2.64. The highest BCUT2D eigenvalue weighted by Gasteiger charge is 2.22. The molecule has 2 amide bonds. The third kappa shape index (κ3) is 14.3. The number of nitrogens with two attached hydrogens (primary N) is 1. The van der Waals surface area contributed by atoms with Gasteiger partial charge in [-0.15, -0.1) is 11.8 Å². The lowest BCUT2D eigenvalue weighted by Crippen LogP contribution is -2.49. The third-order valence-electron chi connectivity index (χ3n) is 4.93. The maximum atomic E-state index is 12.4. The van der Waals surface area contributed by atoms with E-state index >= 15 is 0 Å². The summed E-state index contributed by atoms with van der Waals surface area (Å²) in [4.78, 5) is 51.1.